The predicted molar refractivity (Wildman–Crippen MR) is 74.7 cm³/mol. The van der Waals surface area contributed by atoms with Gasteiger partial charge in [-0.25, -0.2) is 4.98 Å². The molecular weight excluding hydrogens is 238 g/mol. The second-order valence-corrected chi connectivity index (χ2v) is 5.21. The van der Waals surface area contributed by atoms with Crippen molar-refractivity contribution in [2.45, 2.75) is 38.6 Å². The van der Waals surface area contributed by atoms with Crippen molar-refractivity contribution < 1.29 is 4.79 Å². The number of rotatable bonds is 2. The van der Waals surface area contributed by atoms with Crippen LogP contribution in [0.2, 0.25) is 0 Å². The molecular formula is C15H19N3O. The van der Waals surface area contributed by atoms with Crippen molar-refractivity contribution in [3.05, 3.63) is 30.1 Å². The van der Waals surface area contributed by atoms with Gasteiger partial charge in [-0.2, -0.15) is 0 Å². The molecule has 1 N–H and O–H groups in total. The first-order valence-electron chi connectivity index (χ1n) is 7.00. The van der Waals surface area contributed by atoms with Crippen LogP contribution in [0, 0.1) is 0 Å². The van der Waals surface area contributed by atoms with Gasteiger partial charge in [0, 0.05) is 13.0 Å². The van der Waals surface area contributed by atoms with E-state index in [4.69, 9.17) is 0 Å². The first-order chi connectivity index (χ1) is 9.25. The van der Waals surface area contributed by atoms with Crippen LogP contribution < -0.4 is 0 Å². The number of aromatic nitrogens is 2. The molecule has 4 heteroatoms. The minimum Gasteiger partial charge on any atom is -0.340 e. The van der Waals surface area contributed by atoms with E-state index in [0.29, 0.717) is 6.42 Å². The molecule has 1 aliphatic heterocycles. The molecule has 1 saturated heterocycles. The summed E-state index contributed by atoms with van der Waals surface area (Å²) in [5.41, 5.74) is 2.00. The smallest absolute Gasteiger partial charge is 0.223 e. The van der Waals surface area contributed by atoms with E-state index >= 15 is 0 Å². The zero-order valence-corrected chi connectivity index (χ0v) is 11.2. The molecule has 1 fully saturated rings. The Kier molecular flexibility index (Phi) is 3.23. The molecule has 2 heterocycles. The van der Waals surface area contributed by atoms with Gasteiger partial charge in [0.05, 0.1) is 17.1 Å². The highest BCUT2D eigenvalue weighted by molar-refractivity contribution is 5.77. The first kappa shape index (κ1) is 12.2. The molecule has 0 saturated carbocycles. The third-order valence-electron chi connectivity index (χ3n) is 3.88. The van der Waals surface area contributed by atoms with Gasteiger partial charge < -0.3 is 9.88 Å². The number of nitrogens with one attached hydrogen (secondary N) is 1. The van der Waals surface area contributed by atoms with Crippen molar-refractivity contribution in [1.82, 2.24) is 14.9 Å². The summed E-state index contributed by atoms with van der Waals surface area (Å²) < 4.78 is 0. The molecule has 0 aliphatic carbocycles. The maximum atomic E-state index is 12.1. The number of carbonyl (C=O) groups excluding carboxylic acids is 1. The third kappa shape index (κ3) is 2.35. The number of nitrogens with zero attached hydrogens (tertiary/aromatic N) is 2. The Hall–Kier alpha value is -1.84. The van der Waals surface area contributed by atoms with Crippen LogP contribution in [0.3, 0.4) is 0 Å². The van der Waals surface area contributed by atoms with E-state index in [1.54, 1.807) is 0 Å². The van der Waals surface area contributed by atoms with Crippen LogP contribution in [0.25, 0.3) is 11.0 Å². The van der Waals surface area contributed by atoms with Crippen molar-refractivity contribution in [2.24, 2.45) is 0 Å². The fraction of sp³-hybridized carbons (Fsp3) is 0.467. The summed E-state index contributed by atoms with van der Waals surface area (Å²) in [5.74, 6) is 1.14. The molecule has 2 aromatic rings. The van der Waals surface area contributed by atoms with Gasteiger partial charge in [-0.05, 0) is 31.9 Å². The lowest BCUT2D eigenvalue weighted by Gasteiger charge is -2.26. The highest BCUT2D eigenvalue weighted by Crippen LogP contribution is 2.24. The van der Waals surface area contributed by atoms with Gasteiger partial charge in [0.15, 0.2) is 0 Å². The molecule has 1 aliphatic rings. The molecule has 1 atom stereocenters. The zero-order chi connectivity index (χ0) is 13.2. The minimum atomic E-state index is 0.0259. The van der Waals surface area contributed by atoms with Crippen LogP contribution in [0.4, 0.5) is 0 Å². The lowest BCUT2D eigenvalue weighted by molar-refractivity contribution is -0.132. The van der Waals surface area contributed by atoms with Crippen LogP contribution in [-0.2, 0) is 4.79 Å². The van der Waals surface area contributed by atoms with Gasteiger partial charge in [-0.15, -0.1) is 0 Å². The Morgan fingerprint density at radius 3 is 2.95 bits per heavy atom. The lowest BCUT2D eigenvalue weighted by Crippen LogP contribution is -2.33. The summed E-state index contributed by atoms with van der Waals surface area (Å²) in [6, 6.07) is 8.01. The fourth-order valence-electron chi connectivity index (χ4n) is 2.73. The normalized spacial score (nSPS) is 18.6. The van der Waals surface area contributed by atoms with Gasteiger partial charge >= 0.3 is 0 Å². The molecule has 0 spiro atoms. The number of likely N-dealkylation sites (tertiary alicyclic amines) is 1. The van der Waals surface area contributed by atoms with Crippen LogP contribution in [0.1, 0.15) is 44.5 Å². The molecule has 19 heavy (non-hydrogen) atoms. The van der Waals surface area contributed by atoms with E-state index in [2.05, 4.69) is 16.9 Å². The number of para-hydroxylation sites is 2. The summed E-state index contributed by atoms with van der Waals surface area (Å²) in [5, 5.41) is 0. The molecule has 0 radical (unpaired) electrons. The molecule has 4 nitrogen and oxygen atoms in total. The molecule has 1 amide bonds. The minimum absolute atomic E-state index is 0.0259. The van der Waals surface area contributed by atoms with Crippen molar-refractivity contribution >= 4 is 16.9 Å². The Labute approximate surface area is 112 Å². The van der Waals surface area contributed by atoms with Gasteiger partial charge in [-0.1, -0.05) is 18.6 Å². The van der Waals surface area contributed by atoms with Crippen LogP contribution >= 0.6 is 0 Å². The maximum Gasteiger partial charge on any atom is 0.223 e. The number of carbonyl (C=O) groups is 1. The van der Waals surface area contributed by atoms with Crippen molar-refractivity contribution in [3.63, 3.8) is 0 Å². The summed E-state index contributed by atoms with van der Waals surface area (Å²) in [6.45, 7) is 2.90. The number of hydrogen-bond donors (Lipinski definition) is 1. The number of fused-ring (bicyclic) bond motifs is 1. The zero-order valence-electron chi connectivity index (χ0n) is 11.2. The number of hydrogen-bond acceptors (Lipinski definition) is 2. The van der Waals surface area contributed by atoms with Crippen molar-refractivity contribution in [2.75, 3.05) is 6.54 Å². The van der Waals surface area contributed by atoms with E-state index in [0.717, 1.165) is 42.7 Å². The lowest BCUT2D eigenvalue weighted by atomic mass is 10.2. The third-order valence-corrected chi connectivity index (χ3v) is 3.88. The molecule has 3 rings (SSSR count). The van der Waals surface area contributed by atoms with Crippen molar-refractivity contribution in [3.8, 4) is 0 Å². The van der Waals surface area contributed by atoms with E-state index < -0.39 is 0 Å². The van der Waals surface area contributed by atoms with E-state index in [1.807, 2.05) is 29.2 Å². The summed E-state index contributed by atoms with van der Waals surface area (Å²) in [4.78, 5) is 22.0. The quantitative estimate of drug-likeness (QED) is 0.899. The summed E-state index contributed by atoms with van der Waals surface area (Å²) >= 11 is 0. The second kappa shape index (κ2) is 5.03. The SMILES string of the molecule is CC(c1nc2ccccc2[nH]1)N1CCCCCC1=O. The fourth-order valence-corrected chi connectivity index (χ4v) is 2.73. The molecule has 100 valence electrons. The number of amides is 1. The number of aromatic amines is 1. The topological polar surface area (TPSA) is 49.0 Å². The Morgan fingerprint density at radius 2 is 2.11 bits per heavy atom. The van der Waals surface area contributed by atoms with E-state index in [-0.39, 0.29) is 11.9 Å². The number of imidazole rings is 1. The van der Waals surface area contributed by atoms with E-state index in [9.17, 15) is 4.79 Å². The first-order valence-corrected chi connectivity index (χ1v) is 7.00. The van der Waals surface area contributed by atoms with Gasteiger partial charge in [0.2, 0.25) is 5.91 Å². The summed E-state index contributed by atoms with van der Waals surface area (Å²) in [6.07, 6.45) is 3.93. The molecule has 1 aromatic carbocycles. The Bertz CT molecular complexity index is 557. The Balaban J connectivity index is 1.89. The molecule has 1 aromatic heterocycles. The standard InChI is InChI=1S/C15H19N3O/c1-11(18-10-6-2-3-9-14(18)19)15-16-12-7-4-5-8-13(12)17-15/h4-5,7-8,11H,2-3,6,9-10H2,1H3,(H,16,17). The highest BCUT2D eigenvalue weighted by Gasteiger charge is 2.24. The number of H-pyrrole nitrogens is 1. The maximum absolute atomic E-state index is 12.1. The van der Waals surface area contributed by atoms with Gasteiger partial charge in [0.1, 0.15) is 5.82 Å². The van der Waals surface area contributed by atoms with Crippen LogP contribution in [-0.4, -0.2) is 27.3 Å². The Morgan fingerprint density at radius 1 is 1.26 bits per heavy atom. The van der Waals surface area contributed by atoms with Gasteiger partial charge in [0.25, 0.3) is 0 Å². The van der Waals surface area contributed by atoms with Crippen molar-refractivity contribution in [1.29, 1.82) is 0 Å². The highest BCUT2D eigenvalue weighted by atomic mass is 16.2. The molecule has 1 unspecified atom stereocenters. The van der Waals surface area contributed by atoms with E-state index in [1.165, 1.54) is 0 Å². The van der Waals surface area contributed by atoms with Crippen LogP contribution in [0.15, 0.2) is 24.3 Å². The summed E-state index contributed by atoms with van der Waals surface area (Å²) in [7, 11) is 0. The number of benzene rings is 1. The average Bonchev–Trinajstić information content (AvgIpc) is 2.74. The van der Waals surface area contributed by atoms with Crippen LogP contribution in [0.5, 0.6) is 0 Å². The largest absolute Gasteiger partial charge is 0.340 e. The second-order valence-electron chi connectivity index (χ2n) is 5.21. The molecule has 0 bridgehead atoms. The monoisotopic (exact) mass is 257 g/mol. The van der Waals surface area contributed by atoms with Gasteiger partial charge in [-0.3, -0.25) is 4.79 Å². The predicted octanol–water partition coefficient (Wildman–Crippen LogP) is 3.03. The average molecular weight is 257 g/mol.